The lowest BCUT2D eigenvalue weighted by Crippen LogP contribution is -2.46. The van der Waals surface area contributed by atoms with Crippen LogP contribution in [0, 0.1) is 0 Å². The summed E-state index contributed by atoms with van der Waals surface area (Å²) < 4.78 is 35.5. The minimum atomic E-state index is -5.08. The first kappa shape index (κ1) is 10.6. The van der Waals surface area contributed by atoms with Crippen LogP contribution in [0.5, 0.6) is 0 Å². The Morgan fingerprint density at radius 1 is 1.43 bits per heavy atom. The lowest BCUT2D eigenvalue weighted by molar-refractivity contribution is -0.323. The molecule has 1 N–H and O–H groups in total. The number of carbonyl (C=O) groups excluding carboxylic acids is 1. The number of hydroxylamine groups is 2. The Balaban J connectivity index is 2.66. The summed E-state index contributed by atoms with van der Waals surface area (Å²) in [7, 11) is 0. The van der Waals surface area contributed by atoms with Gasteiger partial charge in [-0.15, -0.1) is 18.2 Å². The molecule has 1 heterocycles. The van der Waals surface area contributed by atoms with Crippen LogP contribution in [-0.4, -0.2) is 34.0 Å². The summed E-state index contributed by atoms with van der Waals surface area (Å²) >= 11 is 0. The van der Waals surface area contributed by atoms with Gasteiger partial charge in [0, 0.05) is 12.7 Å². The van der Waals surface area contributed by atoms with Crippen LogP contribution in [0.3, 0.4) is 0 Å². The third-order valence-corrected chi connectivity index (χ3v) is 1.48. The summed E-state index contributed by atoms with van der Waals surface area (Å²) in [6.07, 6.45) is 0.538. The predicted molar refractivity (Wildman–Crippen MR) is 40.1 cm³/mol. The Kier molecular flexibility index (Phi) is 2.80. The van der Waals surface area contributed by atoms with Crippen molar-refractivity contribution in [1.29, 1.82) is 0 Å². The predicted octanol–water partition coefficient (Wildman–Crippen LogP) is 1.70. The van der Waals surface area contributed by atoms with Crippen molar-refractivity contribution in [1.82, 2.24) is 9.96 Å². The van der Waals surface area contributed by atoms with E-state index < -0.39 is 17.4 Å². The molecule has 0 aromatic carbocycles. The minimum Gasteiger partial charge on any atom is -0.295 e. The summed E-state index contributed by atoms with van der Waals surface area (Å²) in [6, 6.07) is -1.53. The first-order valence-electron chi connectivity index (χ1n) is 3.62. The van der Waals surface area contributed by atoms with E-state index in [1.165, 1.54) is 12.2 Å². The van der Waals surface area contributed by atoms with E-state index in [0.717, 1.165) is 11.1 Å². The van der Waals surface area contributed by atoms with Crippen molar-refractivity contribution in [3.8, 4) is 0 Å². The molecule has 14 heavy (non-hydrogen) atoms. The van der Waals surface area contributed by atoms with Gasteiger partial charge < -0.3 is 0 Å². The second-order valence-corrected chi connectivity index (χ2v) is 2.48. The van der Waals surface area contributed by atoms with Gasteiger partial charge in [-0.1, -0.05) is 12.2 Å². The number of amides is 2. The molecule has 0 unspecified atom stereocenters. The summed E-state index contributed by atoms with van der Waals surface area (Å²) in [5, 5.41) is 7.21. The number of urea groups is 1. The molecule has 0 radical (unpaired) electrons. The van der Waals surface area contributed by atoms with Crippen LogP contribution in [0.25, 0.3) is 0 Å². The Hall–Kier alpha value is -1.50. The fourth-order valence-corrected chi connectivity index (χ4v) is 0.839. The quantitative estimate of drug-likeness (QED) is 0.374. The van der Waals surface area contributed by atoms with E-state index >= 15 is 0 Å². The topological polar surface area (TPSA) is 43.8 Å². The van der Waals surface area contributed by atoms with Crippen molar-refractivity contribution in [3.05, 3.63) is 24.4 Å². The molecule has 1 rings (SSSR count). The van der Waals surface area contributed by atoms with Crippen LogP contribution >= 0.6 is 0 Å². The van der Waals surface area contributed by atoms with Crippen molar-refractivity contribution >= 4 is 6.03 Å². The third kappa shape index (κ3) is 2.25. The summed E-state index contributed by atoms with van der Waals surface area (Å²) in [5.74, 6) is 0. The van der Waals surface area contributed by atoms with Crippen LogP contribution in [0.1, 0.15) is 0 Å². The highest BCUT2D eigenvalue weighted by Crippen LogP contribution is 2.20. The highest BCUT2D eigenvalue weighted by Gasteiger charge is 2.42. The lowest BCUT2D eigenvalue weighted by Gasteiger charge is -2.24. The van der Waals surface area contributed by atoms with Gasteiger partial charge in [-0.05, 0) is 6.08 Å². The van der Waals surface area contributed by atoms with E-state index in [-0.39, 0.29) is 6.54 Å². The molecular formula is C7H7F3N2O2. The number of alkyl halides is 3. The molecule has 0 saturated heterocycles. The highest BCUT2D eigenvalue weighted by atomic mass is 19.4. The highest BCUT2D eigenvalue weighted by molar-refractivity contribution is 5.75. The van der Waals surface area contributed by atoms with Gasteiger partial charge >= 0.3 is 12.3 Å². The Morgan fingerprint density at radius 3 is 2.50 bits per heavy atom. The molecule has 78 valence electrons. The van der Waals surface area contributed by atoms with E-state index in [2.05, 4.69) is 0 Å². The summed E-state index contributed by atoms with van der Waals surface area (Å²) in [6.45, 7) is 0.00245. The maximum absolute atomic E-state index is 11.8. The van der Waals surface area contributed by atoms with Gasteiger partial charge in [0.2, 0.25) is 0 Å². The number of allylic oxidation sites excluding steroid dienone is 2. The van der Waals surface area contributed by atoms with E-state index in [0.29, 0.717) is 0 Å². The monoisotopic (exact) mass is 208 g/mol. The van der Waals surface area contributed by atoms with Gasteiger partial charge in [-0.25, -0.2) is 4.79 Å². The first-order chi connectivity index (χ1) is 6.43. The average molecular weight is 208 g/mol. The van der Waals surface area contributed by atoms with E-state index in [4.69, 9.17) is 5.21 Å². The molecule has 0 bridgehead atoms. The maximum Gasteiger partial charge on any atom is 0.512 e. The zero-order valence-electron chi connectivity index (χ0n) is 6.90. The third-order valence-electron chi connectivity index (χ3n) is 1.48. The van der Waals surface area contributed by atoms with E-state index in [9.17, 15) is 18.0 Å². The largest absolute Gasteiger partial charge is 0.512 e. The normalized spacial score (nSPS) is 15.9. The molecule has 1 aliphatic rings. The number of hydrogen-bond acceptors (Lipinski definition) is 2. The first-order valence-corrected chi connectivity index (χ1v) is 3.62. The molecule has 0 aliphatic carbocycles. The van der Waals surface area contributed by atoms with Crippen molar-refractivity contribution in [2.75, 3.05) is 6.54 Å². The van der Waals surface area contributed by atoms with Gasteiger partial charge in [-0.2, -0.15) is 0 Å². The summed E-state index contributed by atoms with van der Waals surface area (Å²) in [5.41, 5.74) is 0. The fraction of sp³-hybridized carbons (Fsp3) is 0.286. The number of rotatable bonds is 0. The van der Waals surface area contributed by atoms with Crippen LogP contribution < -0.4 is 0 Å². The zero-order chi connectivity index (χ0) is 10.8. The van der Waals surface area contributed by atoms with Gasteiger partial charge in [-0.3, -0.25) is 10.1 Å². The van der Waals surface area contributed by atoms with Crippen molar-refractivity contribution in [2.24, 2.45) is 0 Å². The standard InChI is InChI=1S/C7H7F3N2O2/c8-7(9,10)12(14)6(13)11-4-2-1-3-5-11/h1-4,14H,5H2. The number of carbonyl (C=O) groups is 1. The van der Waals surface area contributed by atoms with Crippen LogP contribution in [0.4, 0.5) is 18.0 Å². The van der Waals surface area contributed by atoms with Crippen molar-refractivity contribution in [2.45, 2.75) is 6.30 Å². The van der Waals surface area contributed by atoms with Gasteiger partial charge in [0.1, 0.15) is 0 Å². The fourth-order valence-electron chi connectivity index (χ4n) is 0.839. The van der Waals surface area contributed by atoms with Crippen LogP contribution in [0.2, 0.25) is 0 Å². The number of halogens is 3. The lowest BCUT2D eigenvalue weighted by atomic mass is 10.4. The number of hydrogen-bond donors (Lipinski definition) is 1. The molecule has 0 fully saturated rings. The summed E-state index contributed by atoms with van der Waals surface area (Å²) in [4.78, 5) is 11.7. The van der Waals surface area contributed by atoms with Crippen LogP contribution in [0.15, 0.2) is 24.4 Å². The van der Waals surface area contributed by atoms with E-state index in [1.807, 2.05) is 0 Å². The molecule has 0 spiro atoms. The second-order valence-electron chi connectivity index (χ2n) is 2.48. The Bertz CT molecular complexity index is 285. The molecule has 1 aliphatic heterocycles. The minimum absolute atomic E-state index is 0.00245. The molecule has 0 atom stereocenters. The molecule has 0 aromatic heterocycles. The average Bonchev–Trinajstić information content (AvgIpc) is 2.15. The molecule has 7 heteroatoms. The van der Waals surface area contributed by atoms with Crippen molar-refractivity contribution < 1.29 is 23.2 Å². The molecule has 4 nitrogen and oxygen atoms in total. The van der Waals surface area contributed by atoms with Crippen molar-refractivity contribution in [3.63, 3.8) is 0 Å². The van der Waals surface area contributed by atoms with Gasteiger partial charge in [0.15, 0.2) is 0 Å². The van der Waals surface area contributed by atoms with E-state index in [1.54, 1.807) is 6.08 Å². The van der Waals surface area contributed by atoms with Gasteiger partial charge in [0.25, 0.3) is 0 Å². The molecule has 0 aromatic rings. The number of nitrogens with zero attached hydrogens (tertiary/aromatic N) is 2. The second kappa shape index (κ2) is 3.70. The maximum atomic E-state index is 11.8. The molecule has 2 amide bonds. The molecule has 0 saturated carbocycles. The van der Waals surface area contributed by atoms with Crippen LogP contribution in [-0.2, 0) is 0 Å². The Morgan fingerprint density at radius 2 is 2.07 bits per heavy atom. The zero-order valence-corrected chi connectivity index (χ0v) is 6.90. The smallest absolute Gasteiger partial charge is 0.295 e. The Labute approximate surface area is 77.5 Å². The SMILES string of the molecule is O=C(N1C=CC=CC1)N(O)C(F)(F)F. The van der Waals surface area contributed by atoms with Gasteiger partial charge in [0.05, 0.1) is 0 Å². The molecular weight excluding hydrogens is 201 g/mol.